The van der Waals surface area contributed by atoms with Crippen molar-refractivity contribution in [2.75, 3.05) is 13.2 Å². The summed E-state index contributed by atoms with van der Waals surface area (Å²) in [5, 5.41) is 4.03. The highest BCUT2D eigenvalue weighted by Gasteiger charge is 2.17. The van der Waals surface area contributed by atoms with Crippen molar-refractivity contribution in [3.05, 3.63) is 15.6 Å². The lowest BCUT2D eigenvalue weighted by atomic mass is 10.3. The lowest BCUT2D eigenvalue weighted by molar-refractivity contribution is -0.131. The van der Waals surface area contributed by atoms with Crippen LogP contribution in [0.4, 0.5) is 0 Å². The number of amides is 1. The van der Waals surface area contributed by atoms with Crippen molar-refractivity contribution in [3.63, 3.8) is 0 Å². The molecule has 1 heterocycles. The molecule has 2 rings (SSSR count). The van der Waals surface area contributed by atoms with Gasteiger partial charge in [0.2, 0.25) is 5.91 Å². The number of thiazole rings is 1. The standard InChI is InChI=1S/C13H20N2O2S/c1-3-17-9(2)13(16)14-8-7-12-15-10-5-4-6-11(10)18-12/h9H,3-8H2,1-2H3,(H,14,16). The zero-order chi connectivity index (χ0) is 13.0. The van der Waals surface area contributed by atoms with Crippen LogP contribution in [0.5, 0.6) is 0 Å². The fraction of sp³-hybridized carbons (Fsp3) is 0.692. The summed E-state index contributed by atoms with van der Waals surface area (Å²) in [5.41, 5.74) is 1.28. The maximum Gasteiger partial charge on any atom is 0.248 e. The molecule has 1 unspecified atom stereocenters. The Morgan fingerprint density at radius 3 is 3.11 bits per heavy atom. The Labute approximate surface area is 112 Å². The first-order valence-electron chi connectivity index (χ1n) is 6.57. The number of nitrogens with zero attached hydrogens (tertiary/aromatic N) is 1. The molecule has 1 aliphatic rings. The number of hydrogen-bond donors (Lipinski definition) is 1. The summed E-state index contributed by atoms with van der Waals surface area (Å²) in [7, 11) is 0. The summed E-state index contributed by atoms with van der Waals surface area (Å²) in [6.45, 7) is 4.87. The van der Waals surface area contributed by atoms with Gasteiger partial charge in [0, 0.05) is 24.4 Å². The average molecular weight is 268 g/mol. The van der Waals surface area contributed by atoms with E-state index in [2.05, 4.69) is 10.3 Å². The molecule has 1 atom stereocenters. The molecule has 0 aliphatic heterocycles. The first-order valence-corrected chi connectivity index (χ1v) is 7.39. The maximum atomic E-state index is 11.6. The predicted molar refractivity (Wildman–Crippen MR) is 71.9 cm³/mol. The second-order valence-electron chi connectivity index (χ2n) is 4.47. The van der Waals surface area contributed by atoms with Crippen LogP contribution in [0.3, 0.4) is 0 Å². The van der Waals surface area contributed by atoms with Gasteiger partial charge in [-0.3, -0.25) is 4.79 Å². The zero-order valence-corrected chi connectivity index (χ0v) is 11.8. The Balaban J connectivity index is 1.73. The number of aryl methyl sites for hydroxylation is 2. The molecular formula is C13H20N2O2S. The fourth-order valence-corrected chi connectivity index (χ4v) is 3.27. The van der Waals surface area contributed by atoms with E-state index in [4.69, 9.17) is 4.74 Å². The molecule has 0 spiro atoms. The van der Waals surface area contributed by atoms with Crippen molar-refractivity contribution in [1.82, 2.24) is 10.3 Å². The van der Waals surface area contributed by atoms with Crippen molar-refractivity contribution in [2.24, 2.45) is 0 Å². The summed E-state index contributed by atoms with van der Waals surface area (Å²) in [5.74, 6) is -0.0408. The molecule has 0 aromatic carbocycles. The molecule has 1 N–H and O–H groups in total. The number of rotatable bonds is 6. The summed E-state index contributed by atoms with van der Waals surface area (Å²) < 4.78 is 5.23. The summed E-state index contributed by atoms with van der Waals surface area (Å²) in [6.07, 6.45) is 4.01. The molecule has 5 heteroatoms. The molecule has 18 heavy (non-hydrogen) atoms. The van der Waals surface area contributed by atoms with E-state index in [1.165, 1.54) is 23.4 Å². The SMILES string of the molecule is CCOC(C)C(=O)NCCc1nc2c(s1)CCC2. The van der Waals surface area contributed by atoms with E-state index in [1.54, 1.807) is 18.3 Å². The first kappa shape index (κ1) is 13.5. The van der Waals surface area contributed by atoms with Crippen molar-refractivity contribution in [3.8, 4) is 0 Å². The topological polar surface area (TPSA) is 51.2 Å². The molecule has 0 radical (unpaired) electrons. The Hall–Kier alpha value is -0.940. The number of aromatic nitrogens is 1. The maximum absolute atomic E-state index is 11.6. The number of nitrogens with one attached hydrogen (secondary N) is 1. The van der Waals surface area contributed by atoms with Gasteiger partial charge in [-0.25, -0.2) is 4.98 Å². The van der Waals surface area contributed by atoms with Gasteiger partial charge in [-0.05, 0) is 33.1 Å². The monoisotopic (exact) mass is 268 g/mol. The minimum Gasteiger partial charge on any atom is -0.369 e. The number of hydrogen-bond acceptors (Lipinski definition) is 4. The van der Waals surface area contributed by atoms with Gasteiger partial charge in [0.25, 0.3) is 0 Å². The van der Waals surface area contributed by atoms with Crippen LogP contribution in [0.25, 0.3) is 0 Å². The van der Waals surface area contributed by atoms with Crippen LogP contribution in [-0.2, 0) is 28.8 Å². The van der Waals surface area contributed by atoms with Gasteiger partial charge in [0.1, 0.15) is 6.10 Å². The Morgan fingerprint density at radius 2 is 2.39 bits per heavy atom. The second kappa shape index (κ2) is 6.29. The van der Waals surface area contributed by atoms with Crippen LogP contribution in [-0.4, -0.2) is 30.1 Å². The van der Waals surface area contributed by atoms with Gasteiger partial charge in [0.15, 0.2) is 0 Å². The first-order chi connectivity index (χ1) is 8.70. The summed E-state index contributed by atoms with van der Waals surface area (Å²) in [6, 6.07) is 0. The van der Waals surface area contributed by atoms with Crippen molar-refractivity contribution < 1.29 is 9.53 Å². The van der Waals surface area contributed by atoms with Crippen LogP contribution in [0.15, 0.2) is 0 Å². The molecule has 0 fully saturated rings. The zero-order valence-electron chi connectivity index (χ0n) is 11.0. The van der Waals surface area contributed by atoms with Gasteiger partial charge in [-0.1, -0.05) is 0 Å². The van der Waals surface area contributed by atoms with E-state index in [-0.39, 0.29) is 12.0 Å². The van der Waals surface area contributed by atoms with Crippen LogP contribution in [0, 0.1) is 0 Å². The molecule has 1 aromatic rings. The molecule has 0 bridgehead atoms. The minimum atomic E-state index is -0.365. The molecule has 1 aromatic heterocycles. The highest BCUT2D eigenvalue weighted by Crippen LogP contribution is 2.27. The lowest BCUT2D eigenvalue weighted by Gasteiger charge is -2.11. The fourth-order valence-electron chi connectivity index (χ4n) is 2.11. The number of carbonyl (C=O) groups excluding carboxylic acids is 1. The third-order valence-corrected chi connectivity index (χ3v) is 4.28. The third kappa shape index (κ3) is 3.29. The Kier molecular flexibility index (Phi) is 4.72. The van der Waals surface area contributed by atoms with E-state index in [9.17, 15) is 4.79 Å². The molecule has 0 saturated carbocycles. The second-order valence-corrected chi connectivity index (χ2v) is 5.64. The van der Waals surface area contributed by atoms with E-state index in [1.807, 2.05) is 6.92 Å². The van der Waals surface area contributed by atoms with Crippen LogP contribution in [0.2, 0.25) is 0 Å². The number of fused-ring (bicyclic) bond motifs is 1. The van der Waals surface area contributed by atoms with E-state index in [0.717, 1.165) is 17.8 Å². The van der Waals surface area contributed by atoms with Gasteiger partial charge in [0.05, 0.1) is 10.7 Å². The van der Waals surface area contributed by atoms with Gasteiger partial charge in [-0.15, -0.1) is 11.3 Å². The van der Waals surface area contributed by atoms with Crippen LogP contribution >= 0.6 is 11.3 Å². The van der Waals surface area contributed by atoms with Gasteiger partial charge in [-0.2, -0.15) is 0 Å². The number of ether oxygens (including phenoxy) is 1. The van der Waals surface area contributed by atoms with Crippen LogP contribution in [0.1, 0.15) is 35.8 Å². The third-order valence-electron chi connectivity index (χ3n) is 3.06. The lowest BCUT2D eigenvalue weighted by Crippen LogP contribution is -2.35. The van der Waals surface area contributed by atoms with Crippen molar-refractivity contribution in [1.29, 1.82) is 0 Å². The van der Waals surface area contributed by atoms with E-state index >= 15 is 0 Å². The van der Waals surface area contributed by atoms with Gasteiger partial charge < -0.3 is 10.1 Å². The number of carbonyl (C=O) groups is 1. The Bertz CT molecular complexity index is 396. The Morgan fingerprint density at radius 1 is 1.56 bits per heavy atom. The van der Waals surface area contributed by atoms with Crippen molar-refractivity contribution >= 4 is 17.2 Å². The van der Waals surface area contributed by atoms with E-state index in [0.29, 0.717) is 13.2 Å². The van der Waals surface area contributed by atoms with Crippen LogP contribution < -0.4 is 5.32 Å². The molecule has 1 amide bonds. The van der Waals surface area contributed by atoms with Crippen molar-refractivity contribution in [2.45, 2.75) is 45.6 Å². The highest BCUT2D eigenvalue weighted by atomic mass is 32.1. The van der Waals surface area contributed by atoms with E-state index < -0.39 is 0 Å². The highest BCUT2D eigenvalue weighted by molar-refractivity contribution is 7.11. The molecular weight excluding hydrogens is 248 g/mol. The molecule has 4 nitrogen and oxygen atoms in total. The largest absolute Gasteiger partial charge is 0.369 e. The molecule has 1 aliphatic carbocycles. The minimum absolute atomic E-state index is 0.0408. The summed E-state index contributed by atoms with van der Waals surface area (Å²) in [4.78, 5) is 17.7. The average Bonchev–Trinajstić information content (AvgIpc) is 2.89. The summed E-state index contributed by atoms with van der Waals surface area (Å²) >= 11 is 1.80. The van der Waals surface area contributed by atoms with Gasteiger partial charge >= 0.3 is 0 Å². The predicted octanol–water partition coefficient (Wildman–Crippen LogP) is 1.72. The smallest absolute Gasteiger partial charge is 0.248 e. The quantitative estimate of drug-likeness (QED) is 0.854. The molecule has 100 valence electrons. The normalized spacial score (nSPS) is 15.4. The molecule has 0 saturated heterocycles.